The van der Waals surface area contributed by atoms with Gasteiger partial charge in [-0.05, 0) is 63.5 Å². The minimum absolute atomic E-state index is 0.0163. The molecule has 0 saturated heterocycles. The lowest BCUT2D eigenvalue weighted by Gasteiger charge is -2.20. The van der Waals surface area contributed by atoms with E-state index in [1.165, 1.54) is 23.9 Å². The van der Waals surface area contributed by atoms with Gasteiger partial charge in [0.1, 0.15) is 5.82 Å². The number of carbonyl (C=O) groups excluding carboxylic acids is 1. The van der Waals surface area contributed by atoms with Crippen molar-refractivity contribution < 1.29 is 9.18 Å². The lowest BCUT2D eigenvalue weighted by atomic mass is 10.2. The smallest absolute Gasteiger partial charge is 0.234 e. The van der Waals surface area contributed by atoms with Crippen molar-refractivity contribution in [3.63, 3.8) is 0 Å². The first-order chi connectivity index (χ1) is 13.8. The summed E-state index contributed by atoms with van der Waals surface area (Å²) in [5, 5.41) is 12.0. The van der Waals surface area contributed by atoms with Crippen molar-refractivity contribution in [3.05, 3.63) is 64.6 Å². The van der Waals surface area contributed by atoms with Crippen LogP contribution in [0.2, 0.25) is 0 Å². The highest BCUT2D eigenvalue weighted by atomic mass is 79.9. The highest BCUT2D eigenvalue weighted by Gasteiger charge is 2.21. The molecule has 0 aliphatic rings. The number of hydrogen-bond donors (Lipinski definition) is 1. The molecule has 1 N–H and O–H groups in total. The minimum Gasteiger partial charge on any atom is -0.325 e. The van der Waals surface area contributed by atoms with Gasteiger partial charge in [-0.1, -0.05) is 33.8 Å². The first kappa shape index (κ1) is 21.5. The van der Waals surface area contributed by atoms with Crippen LogP contribution >= 0.6 is 27.7 Å². The van der Waals surface area contributed by atoms with Crippen molar-refractivity contribution >= 4 is 39.3 Å². The van der Waals surface area contributed by atoms with E-state index in [1.54, 1.807) is 12.1 Å². The summed E-state index contributed by atoms with van der Waals surface area (Å²) in [6.07, 6.45) is 0. The summed E-state index contributed by atoms with van der Waals surface area (Å²) >= 11 is 4.67. The third-order valence-corrected chi connectivity index (χ3v) is 5.75. The zero-order valence-corrected chi connectivity index (χ0v) is 18.7. The molecule has 3 rings (SSSR count). The second-order valence-electron chi connectivity index (χ2n) is 6.64. The maximum absolute atomic E-state index is 13.4. The van der Waals surface area contributed by atoms with E-state index in [4.69, 9.17) is 0 Å². The molecule has 6 nitrogen and oxygen atoms in total. The molecular weight excluding hydrogens is 457 g/mol. The number of anilines is 1. The van der Waals surface area contributed by atoms with Gasteiger partial charge in [0.15, 0.2) is 11.0 Å². The van der Waals surface area contributed by atoms with E-state index in [0.717, 1.165) is 16.0 Å². The number of rotatable bonds is 7. The SMILES string of the molecule is C[C@@H](c1nnc(SCC(=O)Nc2cccc(Br)c2)n1-c1ccc(F)cc1)N(C)C. The van der Waals surface area contributed by atoms with E-state index >= 15 is 0 Å². The Kier molecular flexibility index (Phi) is 7.05. The van der Waals surface area contributed by atoms with Crippen molar-refractivity contribution in [1.82, 2.24) is 19.7 Å². The topological polar surface area (TPSA) is 63.1 Å². The number of nitrogens with one attached hydrogen (secondary N) is 1. The summed E-state index contributed by atoms with van der Waals surface area (Å²) in [6.45, 7) is 2.01. The number of carbonyl (C=O) groups is 1. The Morgan fingerprint density at radius 1 is 1.24 bits per heavy atom. The molecule has 2 aromatic carbocycles. The summed E-state index contributed by atoms with van der Waals surface area (Å²) in [5.74, 6) is 0.425. The molecule has 3 aromatic rings. The lowest BCUT2D eigenvalue weighted by Crippen LogP contribution is -2.21. The molecule has 0 saturated carbocycles. The van der Waals surface area contributed by atoms with Crippen LogP contribution < -0.4 is 5.32 Å². The maximum atomic E-state index is 13.4. The van der Waals surface area contributed by atoms with Gasteiger partial charge >= 0.3 is 0 Å². The highest BCUT2D eigenvalue weighted by Crippen LogP contribution is 2.27. The summed E-state index contributed by atoms with van der Waals surface area (Å²) < 4.78 is 16.1. The van der Waals surface area contributed by atoms with Gasteiger partial charge in [0.05, 0.1) is 11.8 Å². The molecule has 1 heterocycles. The van der Waals surface area contributed by atoms with Gasteiger partial charge in [0, 0.05) is 15.8 Å². The van der Waals surface area contributed by atoms with Crippen LogP contribution in [0.15, 0.2) is 58.2 Å². The lowest BCUT2D eigenvalue weighted by molar-refractivity contribution is -0.113. The normalized spacial score (nSPS) is 12.2. The quantitative estimate of drug-likeness (QED) is 0.506. The second kappa shape index (κ2) is 9.51. The van der Waals surface area contributed by atoms with Crippen LogP contribution in [-0.4, -0.2) is 45.4 Å². The Morgan fingerprint density at radius 2 is 1.97 bits per heavy atom. The largest absolute Gasteiger partial charge is 0.325 e. The molecule has 29 heavy (non-hydrogen) atoms. The first-order valence-electron chi connectivity index (χ1n) is 8.91. The van der Waals surface area contributed by atoms with Crippen molar-refractivity contribution in [2.75, 3.05) is 25.2 Å². The van der Waals surface area contributed by atoms with Gasteiger partial charge in [-0.15, -0.1) is 10.2 Å². The highest BCUT2D eigenvalue weighted by molar-refractivity contribution is 9.10. The molecular formula is C20H21BrFN5OS. The fourth-order valence-corrected chi connectivity index (χ4v) is 3.76. The van der Waals surface area contributed by atoms with Crippen LogP contribution in [0.5, 0.6) is 0 Å². The van der Waals surface area contributed by atoms with Crippen LogP contribution in [0.1, 0.15) is 18.8 Å². The number of aromatic nitrogens is 3. The van der Waals surface area contributed by atoms with Crippen LogP contribution in [0, 0.1) is 5.82 Å². The van der Waals surface area contributed by atoms with E-state index < -0.39 is 0 Å². The fourth-order valence-electron chi connectivity index (χ4n) is 2.60. The molecule has 0 unspecified atom stereocenters. The van der Waals surface area contributed by atoms with Gasteiger partial charge in [0.2, 0.25) is 5.91 Å². The molecule has 0 aliphatic heterocycles. The van der Waals surface area contributed by atoms with Gasteiger partial charge in [-0.25, -0.2) is 4.39 Å². The van der Waals surface area contributed by atoms with Crippen LogP contribution in [-0.2, 0) is 4.79 Å². The van der Waals surface area contributed by atoms with Crippen LogP contribution in [0.4, 0.5) is 10.1 Å². The average Bonchev–Trinajstić information content (AvgIpc) is 3.10. The zero-order chi connectivity index (χ0) is 21.0. The Labute approximate surface area is 181 Å². The molecule has 0 fully saturated rings. The van der Waals surface area contributed by atoms with E-state index in [9.17, 15) is 9.18 Å². The predicted octanol–water partition coefficient (Wildman–Crippen LogP) is 4.52. The molecule has 1 atom stereocenters. The number of thioether (sulfide) groups is 1. The maximum Gasteiger partial charge on any atom is 0.234 e. The van der Waals surface area contributed by atoms with Crippen molar-refractivity contribution in [2.24, 2.45) is 0 Å². The molecule has 0 radical (unpaired) electrons. The third-order valence-electron chi connectivity index (χ3n) is 4.33. The molecule has 0 spiro atoms. The number of benzene rings is 2. The average molecular weight is 478 g/mol. The number of amides is 1. The van der Waals surface area contributed by atoms with Crippen molar-refractivity contribution in [1.29, 1.82) is 0 Å². The van der Waals surface area contributed by atoms with Gasteiger partial charge < -0.3 is 5.32 Å². The second-order valence-corrected chi connectivity index (χ2v) is 8.50. The first-order valence-corrected chi connectivity index (χ1v) is 10.7. The van der Waals surface area contributed by atoms with E-state index in [0.29, 0.717) is 10.8 Å². The van der Waals surface area contributed by atoms with Gasteiger partial charge in [-0.2, -0.15) is 0 Å². The standard InChI is InChI=1S/C20H21BrFN5OS/c1-13(26(2)3)19-24-25-20(27(19)17-9-7-15(22)8-10-17)29-12-18(28)23-16-6-4-5-14(21)11-16/h4-11,13H,12H2,1-3H3,(H,23,28)/t13-/m0/s1. The van der Waals surface area contributed by atoms with Gasteiger partial charge in [-0.3, -0.25) is 14.3 Å². The van der Waals surface area contributed by atoms with Crippen LogP contribution in [0.25, 0.3) is 5.69 Å². The van der Waals surface area contributed by atoms with E-state index in [2.05, 4.69) is 31.4 Å². The number of halogens is 2. The Bertz CT molecular complexity index is 993. The Balaban J connectivity index is 1.81. The van der Waals surface area contributed by atoms with E-state index in [1.807, 2.05) is 54.8 Å². The molecule has 152 valence electrons. The summed E-state index contributed by atoms with van der Waals surface area (Å²) in [5.41, 5.74) is 1.46. The molecule has 0 aliphatic carbocycles. The van der Waals surface area contributed by atoms with Crippen LogP contribution in [0.3, 0.4) is 0 Å². The predicted molar refractivity (Wildman–Crippen MR) is 117 cm³/mol. The Hall–Kier alpha value is -2.23. The zero-order valence-electron chi connectivity index (χ0n) is 16.3. The third kappa shape index (κ3) is 5.43. The molecule has 1 amide bonds. The number of nitrogens with zero attached hydrogens (tertiary/aromatic N) is 4. The fraction of sp³-hybridized carbons (Fsp3) is 0.250. The number of hydrogen-bond acceptors (Lipinski definition) is 5. The monoisotopic (exact) mass is 477 g/mol. The summed E-state index contributed by atoms with van der Waals surface area (Å²) in [4.78, 5) is 14.4. The molecule has 1 aromatic heterocycles. The Morgan fingerprint density at radius 3 is 2.62 bits per heavy atom. The van der Waals surface area contributed by atoms with E-state index in [-0.39, 0.29) is 23.5 Å². The summed E-state index contributed by atoms with van der Waals surface area (Å²) in [7, 11) is 3.90. The van der Waals surface area contributed by atoms with Crippen molar-refractivity contribution in [2.45, 2.75) is 18.1 Å². The summed E-state index contributed by atoms with van der Waals surface area (Å²) in [6, 6.07) is 13.5. The minimum atomic E-state index is -0.313. The molecule has 0 bridgehead atoms. The van der Waals surface area contributed by atoms with Crippen molar-refractivity contribution in [3.8, 4) is 5.69 Å². The van der Waals surface area contributed by atoms with Gasteiger partial charge in [0.25, 0.3) is 0 Å². The molecule has 9 heteroatoms.